The van der Waals surface area contributed by atoms with Gasteiger partial charge in [0.2, 0.25) is 0 Å². The minimum Gasteiger partial charge on any atom is -0.454 e. The van der Waals surface area contributed by atoms with Crippen molar-refractivity contribution in [3.05, 3.63) is 64.4 Å². The fourth-order valence-corrected chi connectivity index (χ4v) is 2.77. The highest BCUT2D eigenvalue weighted by Crippen LogP contribution is 2.19. The van der Waals surface area contributed by atoms with Crippen molar-refractivity contribution in [2.75, 3.05) is 11.9 Å². The van der Waals surface area contributed by atoms with Gasteiger partial charge in [-0.3, -0.25) is 9.59 Å². The Balaban J connectivity index is 1.96. The first kappa shape index (κ1) is 22.4. The minimum absolute atomic E-state index is 0.179. The summed E-state index contributed by atoms with van der Waals surface area (Å²) in [7, 11) is 0. The molecule has 0 heterocycles. The number of carbonyl (C=O) groups excluding carboxylic acids is 3. The number of anilines is 1. The Bertz CT molecular complexity index is 917. The van der Waals surface area contributed by atoms with E-state index in [2.05, 4.69) is 10.6 Å². The molecule has 154 valence electrons. The Hall–Kier alpha value is -2.93. The molecule has 0 fully saturated rings. The number of nitrogens with one attached hydrogen (secondary N) is 2. The predicted molar refractivity (Wildman–Crippen MR) is 108 cm³/mol. The number of aryl methyl sites for hydroxylation is 1. The molecule has 6 nitrogen and oxygen atoms in total. The molecule has 0 bridgehead atoms. The first-order valence-corrected chi connectivity index (χ1v) is 9.35. The van der Waals surface area contributed by atoms with Gasteiger partial charge in [-0.05, 0) is 48.7 Å². The quantitative estimate of drug-likeness (QED) is 0.668. The normalized spacial score (nSPS) is 11.7. The summed E-state index contributed by atoms with van der Waals surface area (Å²) >= 11 is 5.88. The SMILES string of the molecule is Cc1cc(Cl)ccc1NC(=O)COC(=O)[C@@H](NC(=O)c1ccccc1F)C(C)C. The lowest BCUT2D eigenvalue weighted by atomic mass is 10.0. The number of rotatable bonds is 7. The van der Waals surface area contributed by atoms with Gasteiger partial charge >= 0.3 is 5.97 Å². The summed E-state index contributed by atoms with van der Waals surface area (Å²) in [6.07, 6.45) is 0. The topological polar surface area (TPSA) is 84.5 Å². The number of ether oxygens (including phenoxy) is 1. The van der Waals surface area contributed by atoms with Crippen LogP contribution in [0, 0.1) is 18.7 Å². The van der Waals surface area contributed by atoms with Crippen molar-refractivity contribution in [3.63, 3.8) is 0 Å². The smallest absolute Gasteiger partial charge is 0.329 e. The second kappa shape index (κ2) is 10.0. The molecule has 0 aliphatic carbocycles. The van der Waals surface area contributed by atoms with Crippen molar-refractivity contribution in [2.45, 2.75) is 26.8 Å². The largest absolute Gasteiger partial charge is 0.454 e. The molecule has 0 aromatic heterocycles. The molecule has 2 amide bonds. The molecule has 2 N–H and O–H groups in total. The van der Waals surface area contributed by atoms with Gasteiger partial charge in [0.15, 0.2) is 6.61 Å². The number of benzene rings is 2. The van der Waals surface area contributed by atoms with Crippen LogP contribution in [0.4, 0.5) is 10.1 Å². The van der Waals surface area contributed by atoms with Gasteiger partial charge in [-0.2, -0.15) is 0 Å². The molecule has 29 heavy (non-hydrogen) atoms. The third-order valence-electron chi connectivity index (χ3n) is 4.13. The molecule has 0 saturated heterocycles. The van der Waals surface area contributed by atoms with Crippen molar-refractivity contribution < 1.29 is 23.5 Å². The molecular formula is C21H22ClFN2O4. The van der Waals surface area contributed by atoms with E-state index in [1.165, 1.54) is 18.2 Å². The zero-order chi connectivity index (χ0) is 21.6. The maximum absolute atomic E-state index is 13.8. The van der Waals surface area contributed by atoms with Crippen molar-refractivity contribution in [3.8, 4) is 0 Å². The molecule has 0 radical (unpaired) electrons. The highest BCUT2D eigenvalue weighted by Gasteiger charge is 2.27. The van der Waals surface area contributed by atoms with E-state index in [0.717, 1.165) is 11.6 Å². The molecule has 0 aliphatic heterocycles. The molecule has 0 spiro atoms. The predicted octanol–water partition coefficient (Wildman–Crippen LogP) is 3.72. The summed E-state index contributed by atoms with van der Waals surface area (Å²) in [5.41, 5.74) is 1.13. The Morgan fingerprint density at radius 2 is 1.83 bits per heavy atom. The van der Waals surface area contributed by atoms with E-state index in [-0.39, 0.29) is 11.5 Å². The molecule has 8 heteroatoms. The maximum atomic E-state index is 13.8. The van der Waals surface area contributed by atoms with Crippen LogP contribution < -0.4 is 10.6 Å². The van der Waals surface area contributed by atoms with Crippen LogP contribution in [0.3, 0.4) is 0 Å². The summed E-state index contributed by atoms with van der Waals surface area (Å²) in [5.74, 6) is -3.09. The second-order valence-corrected chi connectivity index (χ2v) is 7.23. The Labute approximate surface area is 173 Å². The third kappa shape index (κ3) is 6.29. The van der Waals surface area contributed by atoms with Crippen LogP contribution in [0.2, 0.25) is 5.02 Å². The molecule has 2 rings (SSSR count). The van der Waals surface area contributed by atoms with Gasteiger partial charge in [-0.15, -0.1) is 0 Å². The number of esters is 1. The second-order valence-electron chi connectivity index (χ2n) is 6.79. The summed E-state index contributed by atoms with van der Waals surface area (Å²) < 4.78 is 18.8. The molecule has 0 saturated carbocycles. The van der Waals surface area contributed by atoms with Crippen molar-refractivity contribution in [1.29, 1.82) is 0 Å². The van der Waals surface area contributed by atoms with Gasteiger partial charge < -0.3 is 15.4 Å². The highest BCUT2D eigenvalue weighted by atomic mass is 35.5. The van der Waals surface area contributed by atoms with Crippen LogP contribution in [-0.2, 0) is 14.3 Å². The van der Waals surface area contributed by atoms with Gasteiger partial charge in [0.1, 0.15) is 11.9 Å². The summed E-state index contributed by atoms with van der Waals surface area (Å²) in [4.78, 5) is 36.7. The van der Waals surface area contributed by atoms with Gasteiger partial charge in [-0.1, -0.05) is 37.6 Å². The summed E-state index contributed by atoms with van der Waals surface area (Å²) in [5, 5.41) is 5.62. The lowest BCUT2D eigenvalue weighted by Crippen LogP contribution is -2.46. The van der Waals surface area contributed by atoms with Gasteiger partial charge in [0.05, 0.1) is 5.56 Å². The Morgan fingerprint density at radius 1 is 1.14 bits per heavy atom. The van der Waals surface area contributed by atoms with Crippen LogP contribution >= 0.6 is 11.6 Å². The number of hydrogen-bond acceptors (Lipinski definition) is 4. The number of amides is 2. The lowest BCUT2D eigenvalue weighted by molar-refractivity contribution is -0.150. The molecule has 2 aromatic carbocycles. The van der Waals surface area contributed by atoms with Crippen molar-refractivity contribution in [1.82, 2.24) is 5.32 Å². The van der Waals surface area contributed by atoms with E-state index in [4.69, 9.17) is 16.3 Å². The van der Waals surface area contributed by atoms with E-state index in [1.807, 2.05) is 0 Å². The zero-order valence-corrected chi connectivity index (χ0v) is 17.0. The Morgan fingerprint density at radius 3 is 2.45 bits per heavy atom. The maximum Gasteiger partial charge on any atom is 0.329 e. The number of carbonyl (C=O) groups is 3. The standard InChI is InChI=1S/C21H22ClFN2O4/c1-12(2)19(25-20(27)15-6-4-5-7-16(15)23)21(28)29-11-18(26)24-17-9-8-14(22)10-13(17)3/h4-10,12,19H,11H2,1-3H3,(H,24,26)(H,25,27)/t19-/m0/s1. The van der Waals surface area contributed by atoms with Gasteiger partial charge in [0, 0.05) is 10.7 Å². The molecule has 0 unspecified atom stereocenters. The van der Waals surface area contributed by atoms with Crippen LogP contribution in [0.1, 0.15) is 29.8 Å². The van der Waals surface area contributed by atoms with Crippen molar-refractivity contribution in [2.24, 2.45) is 5.92 Å². The third-order valence-corrected chi connectivity index (χ3v) is 4.37. The molecule has 0 aliphatic rings. The molecule has 2 aromatic rings. The lowest BCUT2D eigenvalue weighted by Gasteiger charge is -2.21. The highest BCUT2D eigenvalue weighted by molar-refractivity contribution is 6.30. The van der Waals surface area contributed by atoms with Gasteiger partial charge in [0.25, 0.3) is 11.8 Å². The average Bonchev–Trinajstić information content (AvgIpc) is 2.66. The molecule has 1 atom stereocenters. The summed E-state index contributed by atoms with van der Waals surface area (Å²) in [6.45, 7) is 4.65. The van der Waals surface area contributed by atoms with Crippen LogP contribution in [0.25, 0.3) is 0 Å². The minimum atomic E-state index is -1.04. The zero-order valence-electron chi connectivity index (χ0n) is 16.3. The average molecular weight is 421 g/mol. The van der Waals surface area contributed by atoms with Crippen molar-refractivity contribution >= 4 is 35.1 Å². The van der Waals surface area contributed by atoms with Gasteiger partial charge in [-0.25, -0.2) is 9.18 Å². The van der Waals surface area contributed by atoms with E-state index >= 15 is 0 Å². The first-order valence-electron chi connectivity index (χ1n) is 8.97. The van der Waals surface area contributed by atoms with Crippen LogP contribution in [0.5, 0.6) is 0 Å². The van der Waals surface area contributed by atoms with Crippen LogP contribution in [-0.4, -0.2) is 30.4 Å². The first-order chi connectivity index (χ1) is 13.7. The van der Waals surface area contributed by atoms with E-state index < -0.39 is 36.2 Å². The number of halogens is 2. The number of hydrogen-bond donors (Lipinski definition) is 2. The van der Waals surface area contributed by atoms with E-state index in [0.29, 0.717) is 10.7 Å². The van der Waals surface area contributed by atoms with E-state index in [1.54, 1.807) is 39.0 Å². The molecular weight excluding hydrogens is 399 g/mol. The summed E-state index contributed by atoms with van der Waals surface area (Å²) in [6, 6.07) is 9.37. The Kier molecular flexibility index (Phi) is 7.73. The van der Waals surface area contributed by atoms with E-state index in [9.17, 15) is 18.8 Å². The van der Waals surface area contributed by atoms with Crippen LogP contribution in [0.15, 0.2) is 42.5 Å². The fraction of sp³-hybridized carbons (Fsp3) is 0.286. The fourth-order valence-electron chi connectivity index (χ4n) is 2.54. The monoisotopic (exact) mass is 420 g/mol.